The second kappa shape index (κ2) is 10.2. The Morgan fingerprint density at radius 2 is 1.36 bits per heavy atom. The lowest BCUT2D eigenvalue weighted by Crippen LogP contribution is -2.17. The average Bonchev–Trinajstić information content (AvgIpc) is 2.89. The molecule has 0 aliphatic heterocycles. The summed E-state index contributed by atoms with van der Waals surface area (Å²) in [6, 6.07) is 23.1. The molecule has 0 spiro atoms. The molecule has 0 unspecified atom stereocenters. The van der Waals surface area contributed by atoms with Gasteiger partial charge in [-0.25, -0.2) is 0 Å². The van der Waals surface area contributed by atoms with Crippen molar-refractivity contribution in [2.45, 2.75) is 6.36 Å². The number of nitrogens with zero attached hydrogens (tertiary/aromatic N) is 1. The van der Waals surface area contributed by atoms with E-state index >= 15 is 0 Å². The molecule has 6 aromatic rings. The lowest BCUT2D eigenvalue weighted by molar-refractivity contribution is -0.274. The molecule has 0 saturated carbocycles. The summed E-state index contributed by atoms with van der Waals surface area (Å²) in [6.45, 7) is 0. The van der Waals surface area contributed by atoms with Gasteiger partial charge in [0, 0.05) is 11.8 Å². The lowest BCUT2D eigenvalue weighted by atomic mass is 10.1. The Balaban J connectivity index is 0.000000168. The maximum Gasteiger partial charge on any atom is 0.573 e. The maximum absolute atomic E-state index is 12.1. The van der Waals surface area contributed by atoms with Gasteiger partial charge in [-0.2, -0.15) is 4.98 Å². The Bertz CT molecular complexity index is 1910. The van der Waals surface area contributed by atoms with Gasteiger partial charge in [0.2, 0.25) is 5.43 Å². The molecular formula is C28H17F3N2O6. The number of phenols is 1. The van der Waals surface area contributed by atoms with Crippen LogP contribution in [0.5, 0.6) is 11.5 Å². The molecule has 0 aliphatic carbocycles. The fourth-order valence-electron chi connectivity index (χ4n) is 3.72. The largest absolute Gasteiger partial charge is 0.573 e. The zero-order valence-electron chi connectivity index (χ0n) is 19.7. The standard InChI is InChI=1S/C15H9F3N2O3.C13H8O3/c16-15(17,18)23-10-7-5-9(6-8-10)19-14-20-13(21)11-3-1-2-4-12(11)22-14;14-8-5-6-10-12(7-8)16-11-4-2-1-3-9(11)13(10)15/h1-8H,(H,19,20,21);1-7,14H. The third-order valence-corrected chi connectivity index (χ3v) is 5.43. The molecule has 0 saturated heterocycles. The molecule has 2 N–H and O–H groups in total. The number of fused-ring (bicyclic) bond motifs is 3. The molecule has 4 aromatic carbocycles. The van der Waals surface area contributed by atoms with Crippen molar-refractivity contribution in [3.05, 3.63) is 112 Å². The normalized spacial score (nSPS) is 11.3. The zero-order valence-corrected chi connectivity index (χ0v) is 19.7. The predicted octanol–water partition coefficient (Wildman–Crippen LogP) is 6.48. The van der Waals surface area contributed by atoms with E-state index < -0.39 is 11.9 Å². The van der Waals surface area contributed by atoms with Crippen molar-refractivity contribution in [1.82, 2.24) is 4.98 Å². The van der Waals surface area contributed by atoms with E-state index in [2.05, 4.69) is 15.0 Å². The molecular weight excluding hydrogens is 517 g/mol. The zero-order chi connectivity index (χ0) is 27.6. The predicted molar refractivity (Wildman–Crippen MR) is 138 cm³/mol. The highest BCUT2D eigenvalue weighted by molar-refractivity contribution is 5.90. The number of hydrogen-bond donors (Lipinski definition) is 2. The minimum absolute atomic E-state index is 0.0572. The van der Waals surface area contributed by atoms with Crippen LogP contribution in [0.15, 0.2) is 109 Å². The summed E-state index contributed by atoms with van der Waals surface area (Å²) < 4.78 is 51.0. The van der Waals surface area contributed by atoms with E-state index in [0.717, 1.165) is 12.1 Å². The number of halogens is 3. The van der Waals surface area contributed by atoms with Crippen LogP contribution in [-0.4, -0.2) is 16.5 Å². The SMILES string of the molecule is O=c1c2ccccc2oc2cc(O)ccc12.O=c1nc(Nc2ccc(OC(F)(F)F)cc2)oc2ccccc12. The first-order valence-electron chi connectivity index (χ1n) is 11.3. The van der Waals surface area contributed by atoms with E-state index in [1.54, 1.807) is 54.6 Å². The summed E-state index contributed by atoms with van der Waals surface area (Å²) in [5, 5.41) is 13.4. The van der Waals surface area contributed by atoms with Crippen molar-refractivity contribution < 1.29 is 31.8 Å². The van der Waals surface area contributed by atoms with Crippen LogP contribution < -0.4 is 21.0 Å². The number of aromatic hydroxyl groups is 1. The van der Waals surface area contributed by atoms with E-state index in [1.165, 1.54) is 24.3 Å². The number of nitrogens with one attached hydrogen (secondary N) is 1. The number of aromatic nitrogens is 1. The Labute approximate surface area is 216 Å². The highest BCUT2D eigenvalue weighted by atomic mass is 19.4. The van der Waals surface area contributed by atoms with Gasteiger partial charge in [-0.05, 0) is 60.7 Å². The van der Waals surface area contributed by atoms with Crippen LogP contribution in [0.25, 0.3) is 32.9 Å². The second-order valence-corrected chi connectivity index (χ2v) is 8.13. The second-order valence-electron chi connectivity index (χ2n) is 8.13. The van der Waals surface area contributed by atoms with Crippen LogP contribution in [0.4, 0.5) is 24.9 Å². The first-order valence-corrected chi connectivity index (χ1v) is 11.3. The van der Waals surface area contributed by atoms with Gasteiger partial charge in [-0.1, -0.05) is 24.3 Å². The third-order valence-electron chi connectivity index (χ3n) is 5.43. The Morgan fingerprint density at radius 1 is 0.744 bits per heavy atom. The maximum atomic E-state index is 12.1. The molecule has 0 amide bonds. The lowest BCUT2D eigenvalue weighted by Gasteiger charge is -2.09. The van der Waals surface area contributed by atoms with E-state index in [1.807, 2.05) is 0 Å². The summed E-state index contributed by atoms with van der Waals surface area (Å²) in [5.74, 6) is -0.262. The fraction of sp³-hybridized carbons (Fsp3) is 0.0357. The number of anilines is 2. The molecule has 0 bridgehead atoms. The van der Waals surface area contributed by atoms with Gasteiger partial charge >= 0.3 is 12.4 Å². The first kappa shape index (κ1) is 25.3. The van der Waals surface area contributed by atoms with E-state index in [-0.39, 0.29) is 22.9 Å². The summed E-state index contributed by atoms with van der Waals surface area (Å²) in [6.07, 6.45) is -4.75. The summed E-state index contributed by atoms with van der Waals surface area (Å²) in [7, 11) is 0. The van der Waals surface area contributed by atoms with Crippen molar-refractivity contribution >= 4 is 44.6 Å². The van der Waals surface area contributed by atoms with Gasteiger partial charge in [0.05, 0.1) is 16.2 Å². The van der Waals surface area contributed by atoms with Gasteiger partial charge in [0.25, 0.3) is 5.56 Å². The highest BCUT2D eigenvalue weighted by Gasteiger charge is 2.30. The third kappa shape index (κ3) is 5.82. The molecule has 196 valence electrons. The monoisotopic (exact) mass is 534 g/mol. The number of hydrogen-bond acceptors (Lipinski definition) is 8. The van der Waals surface area contributed by atoms with Gasteiger partial charge in [-0.3, -0.25) is 9.59 Å². The molecule has 0 atom stereocenters. The number of para-hydroxylation sites is 2. The summed E-state index contributed by atoms with van der Waals surface area (Å²) in [4.78, 5) is 27.6. The van der Waals surface area contributed by atoms with Crippen molar-refractivity contribution in [1.29, 1.82) is 0 Å². The van der Waals surface area contributed by atoms with Gasteiger partial charge in [0.1, 0.15) is 28.2 Å². The van der Waals surface area contributed by atoms with Gasteiger partial charge in [-0.15, -0.1) is 13.2 Å². The van der Waals surface area contributed by atoms with Gasteiger partial charge < -0.3 is 24.0 Å². The molecule has 11 heteroatoms. The van der Waals surface area contributed by atoms with Crippen molar-refractivity contribution in [3.63, 3.8) is 0 Å². The van der Waals surface area contributed by atoms with Crippen molar-refractivity contribution in [2.75, 3.05) is 5.32 Å². The topological polar surface area (TPSA) is 115 Å². The van der Waals surface area contributed by atoms with E-state index in [9.17, 15) is 27.9 Å². The molecule has 8 nitrogen and oxygen atoms in total. The Hall–Kier alpha value is -5.32. The number of benzene rings is 4. The molecule has 0 radical (unpaired) electrons. The smallest absolute Gasteiger partial charge is 0.508 e. The molecule has 0 fully saturated rings. The first-order chi connectivity index (χ1) is 18.7. The van der Waals surface area contributed by atoms with Crippen LogP contribution in [0.1, 0.15) is 0 Å². The number of phenolic OH excluding ortho intramolecular Hbond substituents is 1. The summed E-state index contributed by atoms with van der Waals surface area (Å²) in [5.41, 5.74) is 1.15. The quantitative estimate of drug-likeness (QED) is 0.248. The van der Waals surface area contributed by atoms with Crippen molar-refractivity contribution in [2.24, 2.45) is 0 Å². The van der Waals surface area contributed by atoms with E-state index in [4.69, 9.17) is 8.83 Å². The molecule has 39 heavy (non-hydrogen) atoms. The minimum Gasteiger partial charge on any atom is -0.508 e. The number of ether oxygens (including phenoxy) is 1. The Kier molecular flexibility index (Phi) is 6.63. The highest BCUT2D eigenvalue weighted by Crippen LogP contribution is 2.25. The fourth-order valence-corrected chi connectivity index (χ4v) is 3.72. The van der Waals surface area contributed by atoms with Crippen LogP contribution >= 0.6 is 0 Å². The van der Waals surface area contributed by atoms with E-state index in [0.29, 0.717) is 38.6 Å². The van der Waals surface area contributed by atoms with Crippen LogP contribution in [-0.2, 0) is 0 Å². The Morgan fingerprint density at radius 3 is 2.05 bits per heavy atom. The van der Waals surface area contributed by atoms with Crippen molar-refractivity contribution in [3.8, 4) is 11.5 Å². The number of rotatable bonds is 3. The molecule has 2 aromatic heterocycles. The molecule has 6 rings (SSSR count). The minimum atomic E-state index is -4.75. The summed E-state index contributed by atoms with van der Waals surface area (Å²) >= 11 is 0. The van der Waals surface area contributed by atoms with Crippen LogP contribution in [0.2, 0.25) is 0 Å². The average molecular weight is 534 g/mol. The number of alkyl halides is 3. The van der Waals surface area contributed by atoms with Gasteiger partial charge in [0.15, 0.2) is 0 Å². The molecule has 0 aliphatic rings. The van der Waals surface area contributed by atoms with Crippen LogP contribution in [0.3, 0.4) is 0 Å². The molecule has 2 heterocycles. The van der Waals surface area contributed by atoms with Crippen LogP contribution in [0, 0.1) is 0 Å².